The van der Waals surface area contributed by atoms with Gasteiger partial charge in [-0.1, -0.05) is 38.1 Å². The largest absolute Gasteiger partial charge is 0.501 e. The van der Waals surface area contributed by atoms with Gasteiger partial charge in [-0.05, 0) is 82.9 Å². The zero-order valence-corrected chi connectivity index (χ0v) is 27.1. The minimum atomic E-state index is -5.70. The van der Waals surface area contributed by atoms with E-state index >= 15 is 0 Å². The van der Waals surface area contributed by atoms with Crippen LogP contribution in [0.3, 0.4) is 0 Å². The maximum atomic E-state index is 14.9. The number of pyridine rings is 2. The van der Waals surface area contributed by atoms with E-state index in [0.29, 0.717) is 45.5 Å². The Bertz CT molecular complexity index is 2100. The fourth-order valence-corrected chi connectivity index (χ4v) is 7.23. The van der Waals surface area contributed by atoms with Crippen molar-refractivity contribution >= 4 is 27.5 Å². The normalized spacial score (nSPS) is 17.8. The summed E-state index contributed by atoms with van der Waals surface area (Å²) < 4.78 is 91.5. The number of rotatable bonds is 8. The molecule has 2 atom stereocenters. The Hall–Kier alpha value is -5.50. The zero-order valence-electron chi connectivity index (χ0n) is 26.3. The number of imide groups is 1. The average molecular weight is 707 g/mol. The van der Waals surface area contributed by atoms with E-state index in [2.05, 4.69) is 15.3 Å². The van der Waals surface area contributed by atoms with E-state index < -0.39 is 61.2 Å². The third-order valence-corrected chi connectivity index (χ3v) is 10.6. The van der Waals surface area contributed by atoms with Gasteiger partial charge in [-0.25, -0.2) is 26.9 Å². The minimum absolute atomic E-state index is 0.170. The molecular weight excluding hydrogens is 679 g/mol. The summed E-state index contributed by atoms with van der Waals surface area (Å²) in [6.07, 6.45) is 6.11. The molecule has 14 heteroatoms. The highest BCUT2D eigenvalue weighted by Crippen LogP contribution is 2.48. The molecule has 0 radical (unpaired) electrons. The number of nitrogens with one attached hydrogen (secondary N) is 1. The topological polar surface area (TPSA) is 109 Å². The van der Waals surface area contributed by atoms with Crippen LogP contribution in [0.2, 0.25) is 0 Å². The van der Waals surface area contributed by atoms with Crippen molar-refractivity contribution < 1.29 is 40.0 Å². The lowest BCUT2D eigenvalue weighted by Gasteiger charge is -2.40. The first-order valence-electron chi connectivity index (χ1n) is 15.1. The van der Waals surface area contributed by atoms with Gasteiger partial charge in [0.2, 0.25) is 0 Å². The molecule has 256 valence electrons. The molecule has 8 nitrogen and oxygen atoms in total. The summed E-state index contributed by atoms with van der Waals surface area (Å²) in [6.45, 7) is 3.44. The highest BCUT2D eigenvalue weighted by molar-refractivity contribution is 7.92. The molecule has 1 aliphatic heterocycles. The molecule has 1 aliphatic rings. The SMILES string of the molecule is CC(c1ccncc1-c1ccc(F)cc1)C1(C(C)c2ccncc2-c2ccc(F)cc2)NC(=O)N(c2ccc(S(=O)(=O)C(F)(F)F)cc2)C1=O. The van der Waals surface area contributed by atoms with E-state index in [1.54, 1.807) is 62.6 Å². The van der Waals surface area contributed by atoms with Crippen LogP contribution in [0, 0.1) is 11.6 Å². The molecular formula is C36H27F5N4O4S. The predicted octanol–water partition coefficient (Wildman–Crippen LogP) is 7.78. The Balaban J connectivity index is 1.52. The number of hydrogen-bond donors (Lipinski definition) is 1. The number of benzene rings is 3. The molecule has 3 heterocycles. The maximum Gasteiger partial charge on any atom is 0.501 e. The van der Waals surface area contributed by atoms with Gasteiger partial charge in [-0.3, -0.25) is 14.8 Å². The van der Waals surface area contributed by atoms with Gasteiger partial charge in [-0.2, -0.15) is 13.2 Å². The zero-order chi connectivity index (χ0) is 36.0. The molecule has 1 N–H and O–H groups in total. The molecule has 3 amide bonds. The Kier molecular flexibility index (Phi) is 8.76. The number of nitrogens with zero attached hydrogens (tertiary/aromatic N) is 3. The molecule has 5 aromatic rings. The van der Waals surface area contributed by atoms with E-state index in [-0.39, 0.29) is 5.69 Å². The van der Waals surface area contributed by atoms with Crippen molar-refractivity contribution in [2.45, 2.75) is 41.6 Å². The molecule has 3 aromatic carbocycles. The second kappa shape index (κ2) is 12.8. The highest BCUT2D eigenvalue weighted by Gasteiger charge is 2.59. The van der Waals surface area contributed by atoms with Crippen molar-refractivity contribution in [3.8, 4) is 22.3 Å². The molecule has 6 rings (SSSR count). The average Bonchev–Trinajstić information content (AvgIpc) is 3.37. The van der Waals surface area contributed by atoms with Crippen molar-refractivity contribution in [3.63, 3.8) is 0 Å². The molecule has 2 aromatic heterocycles. The van der Waals surface area contributed by atoms with E-state index in [1.807, 2.05) is 0 Å². The van der Waals surface area contributed by atoms with Crippen molar-refractivity contribution in [1.29, 1.82) is 0 Å². The number of alkyl halides is 3. The Morgan fingerprint density at radius 2 is 1.14 bits per heavy atom. The van der Waals surface area contributed by atoms with Gasteiger partial charge in [0.25, 0.3) is 15.7 Å². The lowest BCUT2D eigenvalue weighted by molar-refractivity contribution is -0.123. The summed E-state index contributed by atoms with van der Waals surface area (Å²) in [7, 11) is -5.70. The first-order valence-corrected chi connectivity index (χ1v) is 16.6. The fourth-order valence-electron chi connectivity index (χ4n) is 6.47. The van der Waals surface area contributed by atoms with Crippen LogP contribution in [0.1, 0.15) is 36.8 Å². The number of carbonyl (C=O) groups is 2. The maximum absolute atomic E-state index is 14.9. The molecule has 0 saturated carbocycles. The summed E-state index contributed by atoms with van der Waals surface area (Å²) in [4.78, 5) is 37.0. The number of anilines is 1. The quantitative estimate of drug-likeness (QED) is 0.130. The molecule has 2 unspecified atom stereocenters. The summed E-state index contributed by atoms with van der Waals surface area (Å²) in [5, 5.41) is 2.89. The predicted molar refractivity (Wildman–Crippen MR) is 175 cm³/mol. The van der Waals surface area contributed by atoms with Crippen LogP contribution in [-0.2, 0) is 14.6 Å². The van der Waals surface area contributed by atoms with Crippen LogP contribution in [0.5, 0.6) is 0 Å². The second-order valence-electron chi connectivity index (χ2n) is 11.8. The highest BCUT2D eigenvalue weighted by atomic mass is 32.2. The number of sulfone groups is 1. The monoisotopic (exact) mass is 706 g/mol. The van der Waals surface area contributed by atoms with E-state index in [1.165, 1.54) is 36.7 Å². The van der Waals surface area contributed by atoms with Gasteiger partial charge < -0.3 is 5.32 Å². The van der Waals surface area contributed by atoms with Crippen LogP contribution in [0.4, 0.5) is 32.4 Å². The summed E-state index contributed by atoms with van der Waals surface area (Å²) in [5.74, 6) is -3.41. The number of carbonyl (C=O) groups excluding carboxylic acids is 2. The lowest BCUT2D eigenvalue weighted by Crippen LogP contribution is -2.55. The van der Waals surface area contributed by atoms with Crippen LogP contribution < -0.4 is 10.2 Å². The van der Waals surface area contributed by atoms with Gasteiger partial charge in [0.15, 0.2) is 0 Å². The van der Waals surface area contributed by atoms with E-state index in [9.17, 15) is 40.0 Å². The fraction of sp³-hybridized carbons (Fsp3) is 0.167. The molecule has 0 aliphatic carbocycles. The van der Waals surface area contributed by atoms with Crippen LogP contribution in [0.15, 0.2) is 115 Å². The molecule has 50 heavy (non-hydrogen) atoms. The first-order chi connectivity index (χ1) is 23.7. The van der Waals surface area contributed by atoms with Gasteiger partial charge >= 0.3 is 11.5 Å². The number of aromatic nitrogens is 2. The van der Waals surface area contributed by atoms with Gasteiger partial charge in [-0.15, -0.1) is 0 Å². The van der Waals surface area contributed by atoms with Crippen molar-refractivity contribution in [2.24, 2.45) is 0 Å². The lowest BCUT2D eigenvalue weighted by atomic mass is 9.68. The van der Waals surface area contributed by atoms with Crippen molar-refractivity contribution in [1.82, 2.24) is 15.3 Å². The molecule has 1 fully saturated rings. The van der Waals surface area contributed by atoms with Gasteiger partial charge in [0, 0.05) is 47.8 Å². The standard InChI is InChI=1S/C36H27F5N4O4S/c1-21(29-15-17-42-19-31(29)23-3-7-25(37)8-4-23)35(22(2)30-16-18-43-20-32(30)24-5-9-26(38)10-6-24)33(46)45(34(47)44-35)27-11-13-28(14-12-27)50(48,49)36(39,40)41/h3-22H,1-2H3,(H,44,47). The molecule has 0 spiro atoms. The summed E-state index contributed by atoms with van der Waals surface area (Å²) in [6, 6.07) is 17.0. The minimum Gasteiger partial charge on any atom is -0.322 e. The summed E-state index contributed by atoms with van der Waals surface area (Å²) >= 11 is 0. The van der Waals surface area contributed by atoms with Crippen LogP contribution >= 0.6 is 0 Å². The Labute approximate surface area is 283 Å². The number of halogens is 5. The van der Waals surface area contributed by atoms with Gasteiger partial charge in [0.1, 0.15) is 17.2 Å². The van der Waals surface area contributed by atoms with Crippen molar-refractivity contribution in [2.75, 3.05) is 4.90 Å². The first kappa shape index (κ1) is 34.4. The third-order valence-electron chi connectivity index (χ3n) is 9.10. The third kappa shape index (κ3) is 5.78. The second-order valence-corrected chi connectivity index (χ2v) is 13.7. The van der Waals surface area contributed by atoms with Crippen LogP contribution in [-0.4, -0.2) is 41.4 Å². The van der Waals surface area contributed by atoms with Crippen molar-refractivity contribution in [3.05, 3.63) is 132 Å². The molecule has 1 saturated heterocycles. The smallest absolute Gasteiger partial charge is 0.322 e. The van der Waals surface area contributed by atoms with Crippen LogP contribution in [0.25, 0.3) is 22.3 Å². The van der Waals surface area contributed by atoms with E-state index in [4.69, 9.17) is 0 Å². The molecule has 0 bridgehead atoms. The number of hydrogen-bond acceptors (Lipinski definition) is 6. The number of amides is 3. The van der Waals surface area contributed by atoms with E-state index in [0.717, 1.165) is 17.0 Å². The number of urea groups is 1. The van der Waals surface area contributed by atoms with Gasteiger partial charge in [0.05, 0.1) is 10.6 Å². The summed E-state index contributed by atoms with van der Waals surface area (Å²) in [5.41, 5.74) is -4.17. The Morgan fingerprint density at radius 3 is 1.56 bits per heavy atom. The Morgan fingerprint density at radius 1 is 0.700 bits per heavy atom.